The van der Waals surface area contributed by atoms with E-state index in [-0.39, 0.29) is 17.9 Å². The molecule has 5 rings (SSSR count). The number of hydrogen-bond acceptors (Lipinski definition) is 6. The Hall–Kier alpha value is -4.11. The van der Waals surface area contributed by atoms with Crippen molar-refractivity contribution in [2.45, 2.75) is 39.2 Å². The molecule has 1 saturated heterocycles. The summed E-state index contributed by atoms with van der Waals surface area (Å²) in [7, 11) is 0. The number of anilines is 3. The lowest BCUT2D eigenvalue weighted by atomic mass is 9.96. The van der Waals surface area contributed by atoms with Gasteiger partial charge in [-0.2, -0.15) is 0 Å². The van der Waals surface area contributed by atoms with Crippen LogP contribution >= 0.6 is 11.6 Å². The van der Waals surface area contributed by atoms with E-state index in [1.54, 1.807) is 11.1 Å². The zero-order chi connectivity index (χ0) is 27.6. The van der Waals surface area contributed by atoms with Gasteiger partial charge in [0.1, 0.15) is 5.60 Å². The Balaban J connectivity index is 1.23. The summed E-state index contributed by atoms with van der Waals surface area (Å²) in [6.07, 6.45) is 4.29. The minimum absolute atomic E-state index is 0.0691. The molecule has 3 N–H and O–H groups in total. The van der Waals surface area contributed by atoms with E-state index in [0.717, 1.165) is 22.2 Å². The van der Waals surface area contributed by atoms with Gasteiger partial charge in [-0.25, -0.2) is 14.8 Å². The number of aromatic nitrogens is 3. The molecule has 3 heterocycles. The lowest BCUT2D eigenvalue weighted by Gasteiger charge is -2.32. The monoisotopic (exact) mass is 546 g/mol. The highest BCUT2D eigenvalue weighted by atomic mass is 35.5. The summed E-state index contributed by atoms with van der Waals surface area (Å²) in [5.74, 6) is 0.136. The van der Waals surface area contributed by atoms with E-state index in [9.17, 15) is 9.59 Å². The van der Waals surface area contributed by atoms with Crippen molar-refractivity contribution in [1.82, 2.24) is 19.9 Å². The van der Waals surface area contributed by atoms with Crippen LogP contribution in [0, 0.1) is 5.92 Å². The smallest absolute Gasteiger partial charge is 0.410 e. The van der Waals surface area contributed by atoms with E-state index in [1.807, 2.05) is 75.5 Å². The van der Waals surface area contributed by atoms with Crippen LogP contribution in [-0.2, 0) is 9.53 Å². The number of halogens is 1. The first-order valence-electron chi connectivity index (χ1n) is 12.9. The minimum atomic E-state index is -0.542. The summed E-state index contributed by atoms with van der Waals surface area (Å²) >= 11 is 6.46. The highest BCUT2D eigenvalue weighted by Gasteiger charge is 2.30. The fourth-order valence-corrected chi connectivity index (χ4v) is 4.78. The Labute approximate surface area is 231 Å². The van der Waals surface area contributed by atoms with Gasteiger partial charge in [0.05, 0.1) is 16.9 Å². The van der Waals surface area contributed by atoms with Crippen molar-refractivity contribution in [3.05, 3.63) is 65.9 Å². The topological polar surface area (TPSA) is 112 Å². The number of likely N-dealkylation sites (tertiary alicyclic amines) is 1. The van der Waals surface area contributed by atoms with Crippen LogP contribution < -0.4 is 10.6 Å². The lowest BCUT2D eigenvalue weighted by molar-refractivity contribution is -0.121. The first kappa shape index (κ1) is 26.5. The van der Waals surface area contributed by atoms with E-state index < -0.39 is 5.60 Å². The molecule has 0 radical (unpaired) electrons. The quantitative estimate of drug-likeness (QED) is 0.260. The molecule has 4 aromatic rings. The predicted molar refractivity (Wildman–Crippen MR) is 153 cm³/mol. The van der Waals surface area contributed by atoms with Crippen LogP contribution in [0.3, 0.4) is 0 Å². The third-order valence-electron chi connectivity index (χ3n) is 6.49. The van der Waals surface area contributed by atoms with Crippen molar-refractivity contribution in [2.75, 3.05) is 23.7 Å². The lowest BCUT2D eigenvalue weighted by Crippen LogP contribution is -2.43. The highest BCUT2D eigenvalue weighted by molar-refractivity contribution is 6.33. The molecule has 0 spiro atoms. The molecule has 0 atom stereocenters. The van der Waals surface area contributed by atoms with Gasteiger partial charge >= 0.3 is 6.09 Å². The van der Waals surface area contributed by atoms with Crippen LogP contribution in [0.5, 0.6) is 0 Å². The third-order valence-corrected chi connectivity index (χ3v) is 6.77. The molecular weight excluding hydrogens is 516 g/mol. The van der Waals surface area contributed by atoms with Crippen molar-refractivity contribution in [1.29, 1.82) is 0 Å². The van der Waals surface area contributed by atoms with E-state index in [1.165, 1.54) is 0 Å². The average Bonchev–Trinajstić information content (AvgIpc) is 3.33. The number of rotatable bonds is 5. The Bertz CT molecular complexity index is 1500. The Morgan fingerprint density at radius 2 is 1.82 bits per heavy atom. The number of H-pyrrole nitrogens is 1. The van der Waals surface area contributed by atoms with Crippen molar-refractivity contribution >= 4 is 51.8 Å². The number of piperidine rings is 1. The SMILES string of the molecule is CC(C)(C)OC(=O)N1CCC(C(=O)Nc2cccc(Nc3ncc(Cl)c(-c4c[nH]c5ccccc45)n3)c2)CC1. The maximum atomic E-state index is 13.0. The molecule has 0 bridgehead atoms. The first-order valence-corrected chi connectivity index (χ1v) is 13.3. The number of hydrogen-bond donors (Lipinski definition) is 3. The number of nitrogens with zero attached hydrogens (tertiary/aromatic N) is 3. The molecule has 9 nitrogen and oxygen atoms in total. The predicted octanol–water partition coefficient (Wildman–Crippen LogP) is 6.61. The second-order valence-corrected chi connectivity index (χ2v) is 11.0. The molecular formula is C29H31ClN6O3. The fourth-order valence-electron chi connectivity index (χ4n) is 4.58. The third kappa shape index (κ3) is 6.31. The average molecular weight is 547 g/mol. The molecule has 1 fully saturated rings. The number of carbonyl (C=O) groups excluding carboxylic acids is 2. The van der Waals surface area contributed by atoms with Crippen molar-refractivity contribution in [2.24, 2.45) is 5.92 Å². The van der Waals surface area contributed by atoms with Gasteiger partial charge in [0.15, 0.2) is 0 Å². The number of nitrogens with one attached hydrogen (secondary N) is 3. The molecule has 0 unspecified atom stereocenters. The maximum absolute atomic E-state index is 13.0. The van der Waals surface area contributed by atoms with Gasteiger partial charge in [-0.05, 0) is 57.9 Å². The summed E-state index contributed by atoms with van der Waals surface area (Å²) < 4.78 is 5.44. The van der Waals surface area contributed by atoms with Gasteiger partial charge in [0.25, 0.3) is 0 Å². The molecule has 1 aliphatic rings. The zero-order valence-corrected chi connectivity index (χ0v) is 22.9. The largest absolute Gasteiger partial charge is 0.444 e. The van der Waals surface area contributed by atoms with Crippen LogP contribution in [0.4, 0.5) is 22.1 Å². The number of amides is 2. The highest BCUT2D eigenvalue weighted by Crippen LogP contribution is 2.33. The van der Waals surface area contributed by atoms with E-state index in [0.29, 0.717) is 48.3 Å². The summed E-state index contributed by atoms with van der Waals surface area (Å²) in [5, 5.41) is 7.68. The molecule has 1 aliphatic heterocycles. The van der Waals surface area contributed by atoms with Crippen molar-refractivity contribution < 1.29 is 14.3 Å². The fraction of sp³-hybridized carbons (Fsp3) is 0.310. The number of benzene rings is 2. The molecule has 10 heteroatoms. The summed E-state index contributed by atoms with van der Waals surface area (Å²) in [5.41, 5.74) is 3.34. The van der Waals surface area contributed by atoms with Gasteiger partial charge in [0.2, 0.25) is 11.9 Å². The van der Waals surface area contributed by atoms with E-state index in [4.69, 9.17) is 16.3 Å². The van der Waals surface area contributed by atoms with Crippen LogP contribution in [0.25, 0.3) is 22.2 Å². The van der Waals surface area contributed by atoms with Gasteiger partial charge in [0, 0.05) is 53.0 Å². The molecule has 2 amide bonds. The van der Waals surface area contributed by atoms with Gasteiger partial charge in [-0.3, -0.25) is 4.79 Å². The number of para-hydroxylation sites is 1. The Kier molecular flexibility index (Phi) is 7.43. The first-order chi connectivity index (χ1) is 18.7. The second-order valence-electron chi connectivity index (χ2n) is 10.6. The number of aromatic amines is 1. The molecule has 39 heavy (non-hydrogen) atoms. The Morgan fingerprint density at radius 1 is 1.08 bits per heavy atom. The van der Waals surface area contributed by atoms with E-state index >= 15 is 0 Å². The van der Waals surface area contributed by atoms with Crippen molar-refractivity contribution in [3.63, 3.8) is 0 Å². The number of carbonyl (C=O) groups is 2. The molecule has 202 valence electrons. The van der Waals surface area contributed by atoms with E-state index in [2.05, 4.69) is 25.6 Å². The summed E-state index contributed by atoms with van der Waals surface area (Å²) in [6, 6.07) is 15.3. The second kappa shape index (κ2) is 10.9. The molecule has 0 saturated carbocycles. The maximum Gasteiger partial charge on any atom is 0.410 e. The van der Waals surface area contributed by atoms with Gasteiger partial charge < -0.3 is 25.3 Å². The normalized spacial score (nSPS) is 14.3. The van der Waals surface area contributed by atoms with Gasteiger partial charge in [-0.15, -0.1) is 0 Å². The Morgan fingerprint density at radius 3 is 2.59 bits per heavy atom. The molecule has 0 aliphatic carbocycles. The van der Waals surface area contributed by atoms with Gasteiger partial charge in [-0.1, -0.05) is 35.9 Å². The number of fused-ring (bicyclic) bond motifs is 1. The van der Waals surface area contributed by atoms with Crippen molar-refractivity contribution in [3.8, 4) is 11.3 Å². The zero-order valence-electron chi connectivity index (χ0n) is 22.1. The van der Waals surface area contributed by atoms with Crippen LogP contribution in [0.2, 0.25) is 5.02 Å². The van der Waals surface area contributed by atoms with Crippen LogP contribution in [0.15, 0.2) is 60.9 Å². The molecule has 2 aromatic heterocycles. The minimum Gasteiger partial charge on any atom is -0.444 e. The number of ether oxygens (including phenoxy) is 1. The summed E-state index contributed by atoms with van der Waals surface area (Å²) in [4.78, 5) is 39.2. The molecule has 2 aromatic carbocycles. The standard InChI is InChI=1S/C29H31ClN6O3/c1-29(2,3)39-28(38)36-13-11-18(12-14-36)26(37)33-19-7-6-8-20(15-19)34-27-32-17-23(30)25(35-27)22-16-31-24-10-5-4-9-21(22)24/h4-10,15-18,31H,11-14H2,1-3H3,(H,33,37)(H,32,34,35). The van der Waals surface area contributed by atoms with Crippen LogP contribution in [-0.4, -0.2) is 50.5 Å². The van der Waals surface area contributed by atoms with Crippen LogP contribution in [0.1, 0.15) is 33.6 Å². The summed E-state index contributed by atoms with van der Waals surface area (Å²) in [6.45, 7) is 6.50.